The highest BCUT2D eigenvalue weighted by molar-refractivity contribution is 6.43. The van der Waals surface area contributed by atoms with Crippen LogP contribution in [0, 0.1) is 0 Å². The number of nitrogens with zero attached hydrogens (tertiary/aromatic N) is 4. The molecule has 186 valence electrons. The average molecular weight is 525 g/mol. The summed E-state index contributed by atoms with van der Waals surface area (Å²) in [5.74, 6) is -4.33. The molecular weight excluding hydrogens is 503 g/mol. The Hall–Kier alpha value is -3.13. The van der Waals surface area contributed by atoms with E-state index in [4.69, 9.17) is 34.7 Å². The first-order valence-electron chi connectivity index (χ1n) is 10.7. The van der Waals surface area contributed by atoms with Crippen LogP contribution in [0.3, 0.4) is 0 Å². The molecule has 13 nitrogen and oxygen atoms in total. The second kappa shape index (κ2) is 7.95. The topological polar surface area (TPSA) is 199 Å². The molecule has 35 heavy (non-hydrogen) atoms. The Labute approximate surface area is 208 Å². The minimum atomic E-state index is -2.68. The molecule has 0 radical (unpaired) electrons. The number of guanidine groups is 2. The summed E-state index contributed by atoms with van der Waals surface area (Å²) in [4.78, 5) is 48.4. The van der Waals surface area contributed by atoms with Crippen molar-refractivity contribution in [1.82, 2.24) is 20.4 Å². The third-order valence-corrected chi connectivity index (χ3v) is 7.65. The SMILES string of the molecule is NC1=N[C@H]2C(CN3C(=O)CCC3=O)N=C(N)N3CC(NC(=O)c4cccc(Cl)c4Cl)C(O)(O)[C@]23N1. The van der Waals surface area contributed by atoms with E-state index < -0.39 is 35.5 Å². The number of amides is 3. The smallest absolute Gasteiger partial charge is 0.253 e. The molecule has 2 fully saturated rings. The summed E-state index contributed by atoms with van der Waals surface area (Å²) < 4.78 is 0. The normalized spacial score (nSPS) is 31.0. The second-order valence-corrected chi connectivity index (χ2v) is 9.55. The molecule has 1 aromatic rings. The van der Waals surface area contributed by atoms with Crippen LogP contribution in [-0.2, 0) is 9.59 Å². The number of hydrogen-bond acceptors (Lipinski definition) is 11. The Kier molecular flexibility index (Phi) is 5.36. The fourth-order valence-electron chi connectivity index (χ4n) is 5.16. The van der Waals surface area contributed by atoms with Gasteiger partial charge in [-0.05, 0) is 12.1 Å². The lowest BCUT2D eigenvalue weighted by Gasteiger charge is -2.49. The van der Waals surface area contributed by atoms with Crippen molar-refractivity contribution in [1.29, 1.82) is 0 Å². The van der Waals surface area contributed by atoms with Gasteiger partial charge in [-0.1, -0.05) is 29.3 Å². The van der Waals surface area contributed by atoms with Gasteiger partial charge in [0.15, 0.2) is 17.6 Å². The second-order valence-electron chi connectivity index (χ2n) is 8.77. The maximum atomic E-state index is 13.0. The van der Waals surface area contributed by atoms with E-state index in [2.05, 4.69) is 20.6 Å². The Morgan fingerprint density at radius 3 is 2.57 bits per heavy atom. The fourth-order valence-corrected chi connectivity index (χ4v) is 5.55. The molecule has 0 bridgehead atoms. The summed E-state index contributed by atoms with van der Waals surface area (Å²) in [5, 5.41) is 28.4. The lowest BCUT2D eigenvalue weighted by Crippen LogP contribution is -2.78. The molecule has 4 heterocycles. The van der Waals surface area contributed by atoms with Crippen molar-refractivity contribution in [2.75, 3.05) is 13.1 Å². The van der Waals surface area contributed by atoms with Crippen LogP contribution in [0.5, 0.6) is 0 Å². The van der Waals surface area contributed by atoms with Gasteiger partial charge in [0, 0.05) is 19.4 Å². The van der Waals surface area contributed by atoms with Gasteiger partial charge in [0.25, 0.3) is 5.91 Å². The minimum Gasteiger partial charge on any atom is -0.370 e. The summed E-state index contributed by atoms with van der Waals surface area (Å²) in [6.07, 6.45) is 0.168. The Bertz CT molecular complexity index is 1190. The molecule has 8 N–H and O–H groups in total. The maximum absolute atomic E-state index is 13.0. The Morgan fingerprint density at radius 1 is 1.20 bits per heavy atom. The lowest BCUT2D eigenvalue weighted by atomic mass is 9.84. The molecule has 1 aromatic carbocycles. The van der Waals surface area contributed by atoms with Gasteiger partial charge in [0.1, 0.15) is 12.1 Å². The number of carbonyl (C=O) groups is 3. The summed E-state index contributed by atoms with van der Waals surface area (Å²) in [6, 6.07) is 1.21. The van der Waals surface area contributed by atoms with E-state index in [1.54, 1.807) is 0 Å². The predicted molar refractivity (Wildman–Crippen MR) is 124 cm³/mol. The third-order valence-electron chi connectivity index (χ3n) is 6.83. The number of aliphatic hydroxyl groups is 2. The van der Waals surface area contributed by atoms with Crippen molar-refractivity contribution < 1.29 is 24.6 Å². The molecule has 0 saturated carbocycles. The van der Waals surface area contributed by atoms with E-state index >= 15 is 0 Å². The van der Waals surface area contributed by atoms with Crippen LogP contribution < -0.4 is 22.1 Å². The van der Waals surface area contributed by atoms with Crippen molar-refractivity contribution in [3.05, 3.63) is 33.8 Å². The van der Waals surface area contributed by atoms with E-state index in [1.807, 2.05) is 0 Å². The molecule has 4 aliphatic rings. The van der Waals surface area contributed by atoms with Crippen molar-refractivity contribution in [3.63, 3.8) is 0 Å². The highest BCUT2D eigenvalue weighted by Crippen LogP contribution is 2.45. The number of hydrogen-bond donors (Lipinski definition) is 6. The van der Waals surface area contributed by atoms with Crippen LogP contribution >= 0.6 is 23.2 Å². The van der Waals surface area contributed by atoms with Crippen LogP contribution in [0.1, 0.15) is 23.2 Å². The summed E-state index contributed by atoms with van der Waals surface area (Å²) in [5.41, 5.74) is 10.4. The molecule has 2 unspecified atom stereocenters. The van der Waals surface area contributed by atoms with E-state index in [1.165, 1.54) is 23.1 Å². The van der Waals surface area contributed by atoms with Crippen LogP contribution in [0.15, 0.2) is 28.2 Å². The fraction of sp³-hybridized carbons (Fsp3) is 0.450. The van der Waals surface area contributed by atoms with E-state index in [-0.39, 0.29) is 65.3 Å². The molecule has 4 atom stereocenters. The monoisotopic (exact) mass is 524 g/mol. The van der Waals surface area contributed by atoms with E-state index in [0.717, 1.165) is 4.90 Å². The van der Waals surface area contributed by atoms with Crippen LogP contribution in [0.2, 0.25) is 10.0 Å². The summed E-state index contributed by atoms with van der Waals surface area (Å²) in [7, 11) is 0. The van der Waals surface area contributed by atoms with Gasteiger partial charge in [-0.15, -0.1) is 0 Å². The van der Waals surface area contributed by atoms with Crippen molar-refractivity contribution in [2.24, 2.45) is 21.5 Å². The number of halogens is 2. The number of carbonyl (C=O) groups excluding carboxylic acids is 3. The molecule has 0 aliphatic carbocycles. The molecule has 1 spiro atoms. The summed E-state index contributed by atoms with van der Waals surface area (Å²) >= 11 is 12.1. The number of nitrogens with two attached hydrogens (primary N) is 2. The van der Waals surface area contributed by atoms with Crippen molar-refractivity contribution in [3.8, 4) is 0 Å². The predicted octanol–water partition coefficient (Wildman–Crippen LogP) is -2.08. The standard InChI is InChI=1S/C20H22Cl2N8O5/c21-9-3-1-2-8(14(9)22)16(33)26-11-7-30-18(24)25-10(6-29-12(31)4-5-13(29)32)15-19(30,20(11,34)35)28-17(23)27-15/h1-3,10-11,15,34-35H,4-7H2,(H2,24,25)(H,26,33)(H3,23,27,28)/t10?,11?,15-,19-/m0/s1. The number of benzene rings is 1. The average Bonchev–Trinajstić information content (AvgIpc) is 3.38. The van der Waals surface area contributed by atoms with Crippen molar-refractivity contribution >= 4 is 52.8 Å². The largest absolute Gasteiger partial charge is 0.370 e. The zero-order chi connectivity index (χ0) is 25.3. The summed E-state index contributed by atoms with van der Waals surface area (Å²) in [6.45, 7) is -0.338. The van der Waals surface area contributed by atoms with E-state index in [0.29, 0.717) is 0 Å². The quantitative estimate of drug-likeness (QED) is 0.189. The van der Waals surface area contributed by atoms with Crippen LogP contribution in [0.25, 0.3) is 0 Å². The van der Waals surface area contributed by atoms with Gasteiger partial charge in [-0.25, -0.2) is 9.98 Å². The zero-order valence-electron chi connectivity index (χ0n) is 18.1. The molecular formula is C20H22Cl2N8O5. The van der Waals surface area contributed by atoms with Crippen LogP contribution in [0.4, 0.5) is 0 Å². The Balaban J connectivity index is 1.48. The van der Waals surface area contributed by atoms with Gasteiger partial charge < -0.3 is 37.2 Å². The molecule has 15 heteroatoms. The minimum absolute atomic E-state index is 0.00700. The molecule has 5 rings (SSSR count). The number of likely N-dealkylation sites (tertiary alicyclic amines) is 1. The van der Waals surface area contributed by atoms with Gasteiger partial charge in [-0.2, -0.15) is 0 Å². The van der Waals surface area contributed by atoms with Gasteiger partial charge in [-0.3, -0.25) is 19.3 Å². The van der Waals surface area contributed by atoms with Gasteiger partial charge >= 0.3 is 0 Å². The number of rotatable bonds is 4. The third kappa shape index (κ3) is 3.33. The highest BCUT2D eigenvalue weighted by atomic mass is 35.5. The molecule has 0 aromatic heterocycles. The first-order valence-corrected chi connectivity index (χ1v) is 11.5. The first kappa shape index (κ1) is 23.6. The molecule has 4 aliphatic heterocycles. The van der Waals surface area contributed by atoms with Crippen LogP contribution in [-0.4, -0.2) is 92.3 Å². The lowest BCUT2D eigenvalue weighted by molar-refractivity contribution is -0.230. The van der Waals surface area contributed by atoms with E-state index in [9.17, 15) is 24.6 Å². The molecule has 2 saturated heterocycles. The number of nitrogens with one attached hydrogen (secondary N) is 2. The van der Waals surface area contributed by atoms with Crippen molar-refractivity contribution in [2.45, 2.75) is 42.4 Å². The first-order chi connectivity index (χ1) is 16.5. The maximum Gasteiger partial charge on any atom is 0.253 e. The number of imide groups is 1. The number of aliphatic imine (C=N–C) groups is 2. The van der Waals surface area contributed by atoms with Gasteiger partial charge in [0.05, 0.1) is 28.2 Å². The zero-order valence-corrected chi connectivity index (χ0v) is 19.6. The highest BCUT2D eigenvalue weighted by Gasteiger charge is 2.73. The Morgan fingerprint density at radius 2 is 1.89 bits per heavy atom. The molecule has 3 amide bonds. The van der Waals surface area contributed by atoms with Gasteiger partial charge in [0.2, 0.25) is 17.6 Å².